The van der Waals surface area contributed by atoms with Crippen molar-refractivity contribution in [3.05, 3.63) is 22.8 Å². The van der Waals surface area contributed by atoms with Crippen LogP contribution in [0.1, 0.15) is 65.8 Å². The van der Waals surface area contributed by atoms with E-state index in [2.05, 4.69) is 13.8 Å². The smallest absolute Gasteiger partial charge is 0.207 e. The molecule has 1 heterocycles. The molecular formula is C17H22O5. The van der Waals surface area contributed by atoms with Gasteiger partial charge in [-0.1, -0.05) is 13.8 Å². The van der Waals surface area contributed by atoms with Gasteiger partial charge in [-0.05, 0) is 31.7 Å². The molecule has 0 bridgehead atoms. The largest absolute Gasteiger partial charge is 0.485 e. The molecule has 0 saturated heterocycles. The Morgan fingerprint density at radius 1 is 1.36 bits per heavy atom. The predicted molar refractivity (Wildman–Crippen MR) is 82.1 cm³/mol. The molecule has 0 amide bonds. The fourth-order valence-electron chi connectivity index (χ4n) is 2.90. The molecule has 1 aliphatic heterocycles. The molecule has 2 rings (SSSR count). The van der Waals surface area contributed by atoms with Gasteiger partial charge in [-0.25, -0.2) is 0 Å². The van der Waals surface area contributed by atoms with Crippen molar-refractivity contribution in [2.75, 3.05) is 20.5 Å². The first kappa shape index (κ1) is 16.5. The van der Waals surface area contributed by atoms with Crippen LogP contribution in [-0.2, 0) is 4.74 Å². The van der Waals surface area contributed by atoms with Crippen LogP contribution in [0.5, 0.6) is 11.5 Å². The van der Waals surface area contributed by atoms with Crippen molar-refractivity contribution < 1.29 is 23.8 Å². The highest BCUT2D eigenvalue weighted by atomic mass is 16.7. The van der Waals surface area contributed by atoms with E-state index in [1.54, 1.807) is 6.07 Å². The van der Waals surface area contributed by atoms with Gasteiger partial charge < -0.3 is 14.2 Å². The van der Waals surface area contributed by atoms with E-state index < -0.39 is 0 Å². The number of carbonyl (C=O) groups is 2. The van der Waals surface area contributed by atoms with Crippen LogP contribution in [-0.4, -0.2) is 32.1 Å². The van der Waals surface area contributed by atoms with Crippen LogP contribution in [0.3, 0.4) is 0 Å². The quantitative estimate of drug-likeness (QED) is 0.571. The number of hydrogen-bond donors (Lipinski definition) is 0. The van der Waals surface area contributed by atoms with Gasteiger partial charge >= 0.3 is 0 Å². The molecule has 0 atom stereocenters. The second-order valence-electron chi connectivity index (χ2n) is 5.37. The monoisotopic (exact) mass is 306 g/mol. The summed E-state index contributed by atoms with van der Waals surface area (Å²) in [5.41, 5.74) is 1.80. The van der Waals surface area contributed by atoms with Gasteiger partial charge in [0, 0.05) is 18.2 Å². The Balaban J connectivity index is 2.72. The summed E-state index contributed by atoms with van der Waals surface area (Å²) in [4.78, 5) is 24.2. The molecule has 0 aromatic heterocycles. The third-order valence-electron chi connectivity index (χ3n) is 4.02. The highest BCUT2D eigenvalue weighted by molar-refractivity contribution is 6.07. The van der Waals surface area contributed by atoms with Crippen LogP contribution in [0.25, 0.3) is 0 Å². The average molecular weight is 306 g/mol. The lowest BCUT2D eigenvalue weighted by molar-refractivity contribution is 0.0492. The first-order valence-electron chi connectivity index (χ1n) is 7.54. The van der Waals surface area contributed by atoms with Crippen molar-refractivity contribution in [1.82, 2.24) is 0 Å². The first-order chi connectivity index (χ1) is 10.5. The lowest BCUT2D eigenvalue weighted by Gasteiger charge is -2.22. The molecule has 0 radical (unpaired) electrons. The molecule has 22 heavy (non-hydrogen) atoms. The number of carbonyl (C=O) groups excluding carboxylic acids is 2. The van der Waals surface area contributed by atoms with Crippen molar-refractivity contribution in [2.45, 2.75) is 39.5 Å². The summed E-state index contributed by atoms with van der Waals surface area (Å²) in [5.74, 6) is 0.833. The third-order valence-corrected chi connectivity index (χ3v) is 4.02. The number of Topliss-reactive ketones (excluding diaryl/α,β-unsaturated/α-hetero) is 2. The summed E-state index contributed by atoms with van der Waals surface area (Å²) in [6, 6.07) is 1.68. The van der Waals surface area contributed by atoms with Crippen LogP contribution in [0, 0.1) is 0 Å². The molecular weight excluding hydrogens is 284 g/mol. The molecule has 120 valence electrons. The number of methoxy groups -OCH3 is 1. The zero-order valence-corrected chi connectivity index (χ0v) is 13.5. The maximum Gasteiger partial charge on any atom is 0.207 e. The van der Waals surface area contributed by atoms with E-state index in [1.165, 1.54) is 14.0 Å². The van der Waals surface area contributed by atoms with Gasteiger partial charge in [-0.15, -0.1) is 0 Å². The second kappa shape index (κ2) is 6.92. The Kier molecular flexibility index (Phi) is 5.19. The maximum atomic E-state index is 12.2. The van der Waals surface area contributed by atoms with Gasteiger partial charge in [0.2, 0.25) is 5.78 Å². The number of ether oxygens (including phenoxy) is 3. The van der Waals surface area contributed by atoms with Crippen molar-refractivity contribution in [2.24, 2.45) is 0 Å². The summed E-state index contributed by atoms with van der Waals surface area (Å²) >= 11 is 0. The lowest BCUT2D eigenvalue weighted by Crippen LogP contribution is -2.13. The molecule has 0 spiro atoms. The van der Waals surface area contributed by atoms with E-state index in [9.17, 15) is 9.59 Å². The number of benzene rings is 1. The highest BCUT2D eigenvalue weighted by Crippen LogP contribution is 2.44. The zero-order chi connectivity index (χ0) is 16.3. The topological polar surface area (TPSA) is 61.8 Å². The fourth-order valence-corrected chi connectivity index (χ4v) is 2.90. The summed E-state index contributed by atoms with van der Waals surface area (Å²) in [5, 5.41) is 0. The average Bonchev–Trinajstić information content (AvgIpc) is 2.87. The van der Waals surface area contributed by atoms with E-state index >= 15 is 0 Å². The van der Waals surface area contributed by atoms with Gasteiger partial charge in [0.1, 0.15) is 17.1 Å². The van der Waals surface area contributed by atoms with E-state index in [-0.39, 0.29) is 30.9 Å². The third kappa shape index (κ3) is 2.86. The Hall–Kier alpha value is -1.88. The van der Waals surface area contributed by atoms with Gasteiger partial charge in [-0.3, -0.25) is 9.59 Å². The van der Waals surface area contributed by atoms with E-state index in [0.29, 0.717) is 22.6 Å². The molecule has 1 aromatic rings. The lowest BCUT2D eigenvalue weighted by atomic mass is 9.85. The standard InChI is InChI=1S/C17H22O5/c1-5-11(6-2)15-12(10(3)18)7-14-16(13(19)8-21-14)17(15)22-9-20-4/h7,11H,5-6,8-9H2,1-4H3. The SMILES string of the molecule is CCC(CC)c1c(C(C)=O)cc2c(c1OCOC)C(=O)CO2. The normalized spacial score (nSPS) is 13.2. The van der Waals surface area contributed by atoms with E-state index in [0.717, 1.165) is 18.4 Å². The Labute approximate surface area is 130 Å². The number of ketones is 2. The molecule has 5 heteroatoms. The number of hydrogen-bond acceptors (Lipinski definition) is 5. The minimum atomic E-state index is -0.122. The molecule has 0 N–H and O–H groups in total. The summed E-state index contributed by atoms with van der Waals surface area (Å²) in [6.07, 6.45) is 1.71. The minimum Gasteiger partial charge on any atom is -0.485 e. The molecule has 5 nitrogen and oxygen atoms in total. The molecule has 0 saturated carbocycles. The zero-order valence-electron chi connectivity index (χ0n) is 13.5. The van der Waals surface area contributed by atoms with E-state index in [4.69, 9.17) is 14.2 Å². The minimum absolute atomic E-state index is 0.0115. The van der Waals surface area contributed by atoms with Crippen LogP contribution in [0.15, 0.2) is 6.07 Å². The van der Waals surface area contributed by atoms with Gasteiger partial charge in [0.25, 0.3) is 0 Å². The first-order valence-corrected chi connectivity index (χ1v) is 7.54. The Morgan fingerprint density at radius 3 is 2.59 bits per heavy atom. The van der Waals surface area contributed by atoms with Crippen LogP contribution < -0.4 is 9.47 Å². The van der Waals surface area contributed by atoms with Crippen molar-refractivity contribution in [3.8, 4) is 11.5 Å². The van der Waals surface area contributed by atoms with Crippen LogP contribution in [0.2, 0.25) is 0 Å². The summed E-state index contributed by atoms with van der Waals surface area (Å²) in [7, 11) is 1.52. The van der Waals surface area contributed by atoms with E-state index in [1.807, 2.05) is 0 Å². The molecule has 0 aliphatic carbocycles. The van der Waals surface area contributed by atoms with Crippen molar-refractivity contribution in [3.63, 3.8) is 0 Å². The molecule has 0 fully saturated rings. The maximum absolute atomic E-state index is 12.2. The highest BCUT2D eigenvalue weighted by Gasteiger charge is 2.33. The van der Waals surface area contributed by atoms with Crippen molar-refractivity contribution >= 4 is 11.6 Å². The number of rotatable bonds is 7. The summed E-state index contributed by atoms with van der Waals surface area (Å²) < 4.78 is 16.1. The fraction of sp³-hybridized carbons (Fsp3) is 0.529. The van der Waals surface area contributed by atoms with Crippen LogP contribution in [0.4, 0.5) is 0 Å². The molecule has 1 aromatic carbocycles. The molecule has 1 aliphatic rings. The van der Waals surface area contributed by atoms with Crippen LogP contribution >= 0.6 is 0 Å². The summed E-state index contributed by atoms with van der Waals surface area (Å²) in [6.45, 7) is 5.65. The van der Waals surface area contributed by atoms with Gasteiger partial charge in [-0.2, -0.15) is 0 Å². The Bertz CT molecular complexity index is 587. The Morgan fingerprint density at radius 2 is 2.05 bits per heavy atom. The number of fused-ring (bicyclic) bond motifs is 1. The molecule has 0 unspecified atom stereocenters. The van der Waals surface area contributed by atoms with Gasteiger partial charge in [0.15, 0.2) is 19.2 Å². The second-order valence-corrected chi connectivity index (χ2v) is 5.37. The van der Waals surface area contributed by atoms with Gasteiger partial charge in [0.05, 0.1) is 0 Å². The predicted octanol–water partition coefficient (Wildman–Crippen LogP) is 3.35. The van der Waals surface area contributed by atoms with Crippen molar-refractivity contribution in [1.29, 1.82) is 0 Å².